The van der Waals surface area contributed by atoms with Gasteiger partial charge in [0.1, 0.15) is 5.82 Å². The van der Waals surface area contributed by atoms with Crippen molar-refractivity contribution in [1.82, 2.24) is 20.0 Å². The number of pyridine rings is 1. The third-order valence-corrected chi connectivity index (χ3v) is 6.85. The SMILES string of the molecule is CCCCC1CCC(C(=O)N2CCN(c3ccc(-c4noc(CC)n4)cn3)CC2)CC1. The number of nitrogens with zero attached hydrogens (tertiary/aromatic N) is 5. The Kier molecular flexibility index (Phi) is 7.20. The van der Waals surface area contributed by atoms with Gasteiger partial charge in [0, 0.05) is 50.3 Å². The first kappa shape index (κ1) is 21.8. The van der Waals surface area contributed by atoms with E-state index in [9.17, 15) is 4.79 Å². The van der Waals surface area contributed by atoms with Gasteiger partial charge in [-0.1, -0.05) is 38.3 Å². The number of aryl methyl sites for hydroxylation is 1. The molecule has 2 aromatic heterocycles. The van der Waals surface area contributed by atoms with E-state index in [4.69, 9.17) is 4.52 Å². The Labute approximate surface area is 185 Å². The van der Waals surface area contributed by atoms with Gasteiger partial charge in [0.15, 0.2) is 0 Å². The Morgan fingerprint density at radius 1 is 1.10 bits per heavy atom. The molecule has 2 aromatic rings. The molecular formula is C24H35N5O2. The molecule has 1 amide bonds. The zero-order valence-electron chi connectivity index (χ0n) is 18.9. The number of unbranched alkanes of at least 4 members (excludes halogenated alkanes) is 1. The Morgan fingerprint density at radius 2 is 1.87 bits per heavy atom. The number of hydrogen-bond donors (Lipinski definition) is 0. The van der Waals surface area contributed by atoms with Crippen molar-refractivity contribution < 1.29 is 9.32 Å². The highest BCUT2D eigenvalue weighted by Crippen LogP contribution is 2.33. The van der Waals surface area contributed by atoms with Gasteiger partial charge in [-0.3, -0.25) is 4.79 Å². The molecule has 1 aliphatic heterocycles. The van der Waals surface area contributed by atoms with Crippen LogP contribution in [0.5, 0.6) is 0 Å². The zero-order valence-corrected chi connectivity index (χ0v) is 18.9. The van der Waals surface area contributed by atoms with Crippen molar-refractivity contribution in [2.24, 2.45) is 11.8 Å². The Bertz CT molecular complexity index is 834. The summed E-state index contributed by atoms with van der Waals surface area (Å²) in [5, 5.41) is 4.01. The maximum atomic E-state index is 13.0. The summed E-state index contributed by atoms with van der Waals surface area (Å²) in [6.45, 7) is 7.46. The molecule has 0 atom stereocenters. The van der Waals surface area contributed by atoms with Gasteiger partial charge in [0.05, 0.1) is 0 Å². The molecule has 31 heavy (non-hydrogen) atoms. The molecule has 0 spiro atoms. The number of piperazine rings is 1. The molecule has 0 unspecified atom stereocenters. The second-order valence-electron chi connectivity index (χ2n) is 8.94. The van der Waals surface area contributed by atoms with E-state index < -0.39 is 0 Å². The van der Waals surface area contributed by atoms with Crippen LogP contribution in [0.4, 0.5) is 5.82 Å². The lowest BCUT2D eigenvalue weighted by Crippen LogP contribution is -2.51. The van der Waals surface area contributed by atoms with Gasteiger partial charge in [-0.15, -0.1) is 0 Å². The molecule has 2 aliphatic rings. The minimum absolute atomic E-state index is 0.241. The Morgan fingerprint density at radius 3 is 2.48 bits per heavy atom. The second-order valence-corrected chi connectivity index (χ2v) is 8.94. The van der Waals surface area contributed by atoms with Gasteiger partial charge < -0.3 is 14.3 Å². The van der Waals surface area contributed by atoms with E-state index in [0.717, 1.165) is 62.7 Å². The standard InChI is InChI=1S/C24H35N5O2/c1-3-5-6-18-7-9-19(10-8-18)24(30)29-15-13-28(14-16-29)21-12-11-20(17-25-21)23-26-22(4-2)31-27-23/h11-12,17-19H,3-10,13-16H2,1-2H3. The highest BCUT2D eigenvalue weighted by atomic mass is 16.5. The average molecular weight is 426 g/mol. The maximum Gasteiger partial charge on any atom is 0.226 e. The van der Waals surface area contributed by atoms with Gasteiger partial charge in [-0.2, -0.15) is 4.98 Å². The number of anilines is 1. The van der Waals surface area contributed by atoms with Gasteiger partial charge in [0.25, 0.3) is 0 Å². The van der Waals surface area contributed by atoms with Crippen molar-refractivity contribution in [2.75, 3.05) is 31.1 Å². The van der Waals surface area contributed by atoms with Crippen molar-refractivity contribution in [3.05, 3.63) is 24.2 Å². The first-order valence-corrected chi connectivity index (χ1v) is 12.0. The van der Waals surface area contributed by atoms with Gasteiger partial charge in [-0.25, -0.2) is 4.98 Å². The van der Waals surface area contributed by atoms with Crippen molar-refractivity contribution >= 4 is 11.7 Å². The van der Waals surface area contributed by atoms with Gasteiger partial charge in [0.2, 0.25) is 17.6 Å². The van der Waals surface area contributed by atoms with E-state index in [1.165, 1.54) is 32.1 Å². The predicted molar refractivity (Wildman–Crippen MR) is 121 cm³/mol. The summed E-state index contributed by atoms with van der Waals surface area (Å²) >= 11 is 0. The summed E-state index contributed by atoms with van der Waals surface area (Å²) in [5.41, 5.74) is 0.857. The molecule has 0 bridgehead atoms. The zero-order chi connectivity index (χ0) is 21.6. The molecule has 1 aliphatic carbocycles. The largest absolute Gasteiger partial charge is 0.353 e. The van der Waals surface area contributed by atoms with Crippen molar-refractivity contribution in [3.8, 4) is 11.4 Å². The topological polar surface area (TPSA) is 75.4 Å². The third kappa shape index (κ3) is 5.25. The molecule has 0 aromatic carbocycles. The van der Waals surface area contributed by atoms with Gasteiger partial charge >= 0.3 is 0 Å². The van der Waals surface area contributed by atoms with Crippen molar-refractivity contribution in [1.29, 1.82) is 0 Å². The lowest BCUT2D eigenvalue weighted by Gasteiger charge is -2.38. The molecule has 7 nitrogen and oxygen atoms in total. The summed E-state index contributed by atoms with van der Waals surface area (Å²) < 4.78 is 5.19. The molecule has 0 radical (unpaired) electrons. The van der Waals surface area contributed by atoms with Crippen molar-refractivity contribution in [3.63, 3.8) is 0 Å². The van der Waals surface area contributed by atoms with E-state index in [1.54, 1.807) is 6.20 Å². The van der Waals surface area contributed by atoms with E-state index >= 15 is 0 Å². The van der Waals surface area contributed by atoms with Crippen molar-refractivity contribution in [2.45, 2.75) is 65.2 Å². The molecule has 1 saturated carbocycles. The lowest BCUT2D eigenvalue weighted by molar-refractivity contribution is -0.137. The summed E-state index contributed by atoms with van der Waals surface area (Å²) in [4.78, 5) is 26.3. The maximum absolute atomic E-state index is 13.0. The van der Waals surface area contributed by atoms with Crippen LogP contribution in [0.25, 0.3) is 11.4 Å². The van der Waals surface area contributed by atoms with E-state index in [1.807, 2.05) is 19.1 Å². The number of amides is 1. The fraction of sp³-hybridized carbons (Fsp3) is 0.667. The minimum atomic E-state index is 0.241. The smallest absolute Gasteiger partial charge is 0.226 e. The highest BCUT2D eigenvalue weighted by Gasteiger charge is 2.31. The molecule has 3 heterocycles. The van der Waals surface area contributed by atoms with Gasteiger partial charge in [-0.05, 0) is 43.7 Å². The molecular weight excluding hydrogens is 390 g/mol. The van der Waals surface area contributed by atoms with Crippen LogP contribution < -0.4 is 4.90 Å². The molecule has 1 saturated heterocycles. The molecule has 2 fully saturated rings. The number of aromatic nitrogens is 3. The second kappa shape index (κ2) is 10.2. The first-order valence-electron chi connectivity index (χ1n) is 12.0. The normalized spacial score (nSPS) is 22.0. The third-order valence-electron chi connectivity index (χ3n) is 6.85. The quantitative estimate of drug-likeness (QED) is 0.657. The number of hydrogen-bond acceptors (Lipinski definition) is 6. The predicted octanol–water partition coefficient (Wildman–Crippen LogP) is 4.34. The molecule has 0 N–H and O–H groups in total. The highest BCUT2D eigenvalue weighted by molar-refractivity contribution is 5.79. The molecule has 7 heteroatoms. The van der Waals surface area contributed by atoms with Crippen LogP contribution >= 0.6 is 0 Å². The van der Waals surface area contributed by atoms with Crippen LogP contribution in [-0.2, 0) is 11.2 Å². The number of carbonyl (C=O) groups excluding carboxylic acids is 1. The summed E-state index contributed by atoms with van der Waals surface area (Å²) in [6, 6.07) is 3.99. The van der Waals surface area contributed by atoms with Crippen LogP contribution in [0.3, 0.4) is 0 Å². The minimum Gasteiger partial charge on any atom is -0.353 e. The lowest BCUT2D eigenvalue weighted by atomic mass is 9.79. The van der Waals surface area contributed by atoms with E-state index in [0.29, 0.717) is 17.6 Å². The van der Waals surface area contributed by atoms with E-state index in [-0.39, 0.29) is 5.92 Å². The van der Waals surface area contributed by atoms with Crippen LogP contribution in [0.1, 0.15) is 64.7 Å². The number of rotatable bonds is 7. The summed E-state index contributed by atoms with van der Waals surface area (Å²) in [5.74, 6) is 3.61. The van der Waals surface area contributed by atoms with Crippen LogP contribution in [0.2, 0.25) is 0 Å². The number of carbonyl (C=O) groups is 1. The van der Waals surface area contributed by atoms with E-state index in [2.05, 4.69) is 31.8 Å². The molecule has 4 rings (SSSR count). The van der Waals surface area contributed by atoms with Crippen LogP contribution in [-0.4, -0.2) is 52.1 Å². The van der Waals surface area contributed by atoms with Crippen LogP contribution in [0.15, 0.2) is 22.9 Å². The summed E-state index contributed by atoms with van der Waals surface area (Å²) in [7, 11) is 0. The molecule has 168 valence electrons. The monoisotopic (exact) mass is 425 g/mol. The fourth-order valence-corrected chi connectivity index (χ4v) is 4.83. The Hall–Kier alpha value is -2.44. The average Bonchev–Trinajstić information content (AvgIpc) is 3.32. The fourth-order valence-electron chi connectivity index (χ4n) is 4.83. The summed E-state index contributed by atoms with van der Waals surface area (Å²) in [6.07, 6.45) is 11.1. The van der Waals surface area contributed by atoms with Crippen LogP contribution in [0, 0.1) is 11.8 Å². The Balaban J connectivity index is 1.26. The first-order chi connectivity index (χ1) is 15.2.